The van der Waals surface area contributed by atoms with E-state index in [1.54, 1.807) is 7.05 Å². The van der Waals surface area contributed by atoms with Crippen LogP contribution >= 0.6 is 11.3 Å². The van der Waals surface area contributed by atoms with E-state index in [1.165, 1.54) is 11.3 Å². The van der Waals surface area contributed by atoms with Gasteiger partial charge >= 0.3 is 0 Å². The van der Waals surface area contributed by atoms with Gasteiger partial charge in [-0.3, -0.25) is 4.79 Å². The number of hydrogen-bond acceptors (Lipinski definition) is 4. The molecular formula is C7H11N3OS. The highest BCUT2D eigenvalue weighted by atomic mass is 32.1. The molecule has 0 aromatic carbocycles. The highest BCUT2D eigenvalue weighted by Gasteiger charge is 2.17. The Balaban J connectivity index is 2.87. The molecule has 1 amide bonds. The van der Waals surface area contributed by atoms with Crippen molar-refractivity contribution in [1.82, 2.24) is 10.3 Å². The van der Waals surface area contributed by atoms with Crippen LogP contribution in [0.4, 0.5) is 0 Å². The number of nitrogens with one attached hydrogen (secondary N) is 1. The molecule has 0 saturated carbocycles. The third-order valence-electron chi connectivity index (χ3n) is 1.51. The van der Waals surface area contributed by atoms with E-state index in [9.17, 15) is 4.79 Å². The van der Waals surface area contributed by atoms with Crippen molar-refractivity contribution in [1.29, 1.82) is 0 Å². The summed E-state index contributed by atoms with van der Waals surface area (Å²) in [4.78, 5) is 15.0. The van der Waals surface area contributed by atoms with Gasteiger partial charge in [0.2, 0.25) is 5.91 Å². The Morgan fingerprint density at radius 3 is 2.83 bits per heavy atom. The van der Waals surface area contributed by atoms with E-state index in [1.807, 2.05) is 12.3 Å². The predicted molar refractivity (Wildman–Crippen MR) is 47.8 cm³/mol. The van der Waals surface area contributed by atoms with E-state index >= 15 is 0 Å². The maximum Gasteiger partial charge on any atom is 0.240 e. The highest BCUT2D eigenvalue weighted by molar-refractivity contribution is 7.09. The Hall–Kier alpha value is -0.940. The summed E-state index contributed by atoms with van der Waals surface area (Å²) >= 11 is 1.51. The summed E-state index contributed by atoms with van der Waals surface area (Å²) in [7, 11) is 1.68. The SMILES string of the molecule is CNC(C(N)=O)c1csc(C)n1. The third-order valence-corrected chi connectivity index (χ3v) is 2.30. The van der Waals surface area contributed by atoms with Crippen molar-refractivity contribution in [3.05, 3.63) is 16.1 Å². The maximum absolute atomic E-state index is 10.9. The number of hydrogen-bond donors (Lipinski definition) is 2. The van der Waals surface area contributed by atoms with Gasteiger partial charge in [0.25, 0.3) is 0 Å². The number of carbonyl (C=O) groups excluding carboxylic acids is 1. The van der Waals surface area contributed by atoms with Gasteiger partial charge in [0.15, 0.2) is 0 Å². The number of likely N-dealkylation sites (N-methyl/N-ethyl adjacent to an activating group) is 1. The number of aryl methyl sites for hydroxylation is 1. The van der Waals surface area contributed by atoms with Gasteiger partial charge in [0, 0.05) is 5.38 Å². The van der Waals surface area contributed by atoms with Gasteiger partial charge in [-0.1, -0.05) is 0 Å². The fourth-order valence-corrected chi connectivity index (χ4v) is 1.59. The molecule has 0 radical (unpaired) electrons. The first kappa shape index (κ1) is 9.15. The van der Waals surface area contributed by atoms with Crippen molar-refractivity contribution in [2.75, 3.05) is 7.05 Å². The predicted octanol–water partition coefficient (Wildman–Crippen LogP) is 0.197. The number of aromatic nitrogens is 1. The highest BCUT2D eigenvalue weighted by Crippen LogP contribution is 2.15. The molecule has 3 N–H and O–H groups in total. The molecule has 0 saturated heterocycles. The van der Waals surface area contributed by atoms with Crippen molar-refractivity contribution in [2.24, 2.45) is 5.73 Å². The van der Waals surface area contributed by atoms with Crippen LogP contribution in [-0.4, -0.2) is 17.9 Å². The Morgan fingerprint density at radius 2 is 2.50 bits per heavy atom. The van der Waals surface area contributed by atoms with Crippen molar-refractivity contribution in [3.63, 3.8) is 0 Å². The van der Waals surface area contributed by atoms with E-state index in [0.29, 0.717) is 5.69 Å². The quantitative estimate of drug-likeness (QED) is 0.706. The zero-order valence-corrected chi connectivity index (χ0v) is 7.81. The average Bonchev–Trinajstić information content (AvgIpc) is 2.37. The first-order valence-corrected chi connectivity index (χ1v) is 4.41. The molecule has 1 rings (SSSR count). The molecule has 0 spiro atoms. The standard InChI is InChI=1S/C7H11N3OS/c1-4-10-5(3-12-4)6(9-2)7(8)11/h3,6,9H,1-2H3,(H2,8,11). The summed E-state index contributed by atoms with van der Waals surface area (Å²) in [6.45, 7) is 1.89. The minimum absolute atomic E-state index is 0.400. The van der Waals surface area contributed by atoms with Crippen molar-refractivity contribution >= 4 is 17.2 Å². The molecule has 12 heavy (non-hydrogen) atoms. The lowest BCUT2D eigenvalue weighted by Crippen LogP contribution is -2.31. The van der Waals surface area contributed by atoms with E-state index in [4.69, 9.17) is 5.73 Å². The van der Waals surface area contributed by atoms with Crippen LogP contribution in [0.5, 0.6) is 0 Å². The monoisotopic (exact) mass is 185 g/mol. The summed E-state index contributed by atoms with van der Waals surface area (Å²) in [5.74, 6) is -0.400. The van der Waals surface area contributed by atoms with Crippen LogP contribution in [0.2, 0.25) is 0 Å². The Labute approximate surface area is 74.8 Å². The summed E-state index contributed by atoms with van der Waals surface area (Å²) < 4.78 is 0. The van der Waals surface area contributed by atoms with E-state index in [-0.39, 0.29) is 0 Å². The van der Waals surface area contributed by atoms with Gasteiger partial charge in [-0.25, -0.2) is 4.98 Å². The van der Waals surface area contributed by atoms with E-state index < -0.39 is 11.9 Å². The first-order chi connectivity index (χ1) is 5.65. The van der Waals surface area contributed by atoms with Crippen LogP contribution in [0.1, 0.15) is 16.7 Å². The number of nitrogens with two attached hydrogens (primary N) is 1. The molecule has 0 aliphatic rings. The van der Waals surface area contributed by atoms with Crippen LogP contribution in [0.15, 0.2) is 5.38 Å². The van der Waals surface area contributed by atoms with Crippen LogP contribution in [0.25, 0.3) is 0 Å². The lowest BCUT2D eigenvalue weighted by atomic mass is 10.2. The Bertz CT molecular complexity index is 284. The molecule has 4 nitrogen and oxygen atoms in total. The van der Waals surface area contributed by atoms with Crippen LogP contribution in [0, 0.1) is 6.92 Å². The van der Waals surface area contributed by atoms with Gasteiger partial charge < -0.3 is 11.1 Å². The van der Waals surface area contributed by atoms with Gasteiger partial charge in [0.1, 0.15) is 6.04 Å². The second-order valence-electron chi connectivity index (χ2n) is 2.42. The van der Waals surface area contributed by atoms with Gasteiger partial charge in [-0.2, -0.15) is 0 Å². The first-order valence-electron chi connectivity index (χ1n) is 3.53. The summed E-state index contributed by atoms with van der Waals surface area (Å²) in [5.41, 5.74) is 5.85. The lowest BCUT2D eigenvalue weighted by Gasteiger charge is -2.07. The minimum Gasteiger partial charge on any atom is -0.368 e. The van der Waals surface area contributed by atoms with Crippen LogP contribution in [0.3, 0.4) is 0 Å². The molecule has 1 heterocycles. The van der Waals surface area contributed by atoms with Gasteiger partial charge in [0.05, 0.1) is 10.7 Å². The summed E-state index contributed by atoms with van der Waals surface area (Å²) in [5, 5.41) is 5.57. The molecular weight excluding hydrogens is 174 g/mol. The number of thiazole rings is 1. The van der Waals surface area contributed by atoms with Crippen LogP contribution < -0.4 is 11.1 Å². The fourth-order valence-electron chi connectivity index (χ4n) is 0.949. The van der Waals surface area contributed by atoms with E-state index in [0.717, 1.165) is 5.01 Å². The zero-order chi connectivity index (χ0) is 9.14. The van der Waals surface area contributed by atoms with Gasteiger partial charge in [-0.05, 0) is 14.0 Å². The number of carbonyl (C=O) groups is 1. The second kappa shape index (κ2) is 3.64. The summed E-state index contributed by atoms with van der Waals surface area (Å²) in [6, 6.07) is -0.463. The topological polar surface area (TPSA) is 68.0 Å². The molecule has 0 fully saturated rings. The maximum atomic E-state index is 10.9. The zero-order valence-electron chi connectivity index (χ0n) is 7.00. The van der Waals surface area contributed by atoms with Crippen molar-refractivity contribution < 1.29 is 4.79 Å². The molecule has 1 unspecified atom stereocenters. The number of nitrogens with zero attached hydrogens (tertiary/aromatic N) is 1. The smallest absolute Gasteiger partial charge is 0.240 e. The molecule has 0 bridgehead atoms. The Kier molecular flexibility index (Phi) is 2.78. The normalized spacial score (nSPS) is 12.8. The molecule has 0 aliphatic heterocycles. The number of primary amides is 1. The minimum atomic E-state index is -0.463. The molecule has 66 valence electrons. The van der Waals surface area contributed by atoms with Crippen molar-refractivity contribution in [2.45, 2.75) is 13.0 Å². The molecule has 1 aromatic heterocycles. The second-order valence-corrected chi connectivity index (χ2v) is 3.48. The molecule has 1 aromatic rings. The summed E-state index contributed by atoms with van der Waals surface area (Å²) in [6.07, 6.45) is 0. The average molecular weight is 185 g/mol. The molecule has 0 aliphatic carbocycles. The van der Waals surface area contributed by atoms with Gasteiger partial charge in [-0.15, -0.1) is 11.3 Å². The van der Waals surface area contributed by atoms with Crippen LogP contribution in [-0.2, 0) is 4.79 Å². The van der Waals surface area contributed by atoms with E-state index in [2.05, 4.69) is 10.3 Å². The number of amides is 1. The third kappa shape index (κ3) is 1.80. The van der Waals surface area contributed by atoms with Crippen molar-refractivity contribution in [3.8, 4) is 0 Å². The fraction of sp³-hybridized carbons (Fsp3) is 0.429. The molecule has 1 atom stereocenters. The molecule has 5 heteroatoms. The number of rotatable bonds is 3. The largest absolute Gasteiger partial charge is 0.368 e. The lowest BCUT2D eigenvalue weighted by molar-refractivity contribution is -0.120. The Morgan fingerprint density at radius 1 is 1.83 bits per heavy atom.